The van der Waals surface area contributed by atoms with E-state index in [4.69, 9.17) is 9.84 Å². The van der Waals surface area contributed by atoms with Crippen LogP contribution in [0.1, 0.15) is 39.2 Å². The van der Waals surface area contributed by atoms with Crippen molar-refractivity contribution in [1.82, 2.24) is 5.32 Å². The number of hydrogen-bond acceptors (Lipinski definition) is 4. The van der Waals surface area contributed by atoms with Crippen LogP contribution >= 0.6 is 0 Å². The first-order valence-corrected chi connectivity index (χ1v) is 7.05. The predicted octanol–water partition coefficient (Wildman–Crippen LogP) is 2.62. The molecule has 1 rings (SSSR count). The van der Waals surface area contributed by atoms with Crippen LogP contribution in [-0.2, 0) is 6.61 Å². The lowest BCUT2D eigenvalue weighted by molar-refractivity contribution is 0.179. The second-order valence-corrected chi connectivity index (χ2v) is 5.31. The summed E-state index contributed by atoms with van der Waals surface area (Å²) in [6.45, 7) is 6.79. The lowest BCUT2D eigenvalue weighted by Gasteiger charge is -2.27. The topological polar surface area (TPSA) is 65.3 Å². The molecular weight excluding hydrogens is 252 g/mol. The van der Waals surface area contributed by atoms with Gasteiger partial charge in [0, 0.05) is 6.42 Å². The van der Waals surface area contributed by atoms with Gasteiger partial charge in [0.05, 0.1) is 18.8 Å². The second-order valence-electron chi connectivity index (χ2n) is 5.31. The number of nitrogens with zero attached hydrogens (tertiary/aromatic N) is 1. The molecule has 0 amide bonds. The van der Waals surface area contributed by atoms with Crippen molar-refractivity contribution < 1.29 is 9.84 Å². The number of nitrogens with one attached hydrogen (secondary N) is 1. The van der Waals surface area contributed by atoms with Gasteiger partial charge >= 0.3 is 0 Å². The molecule has 0 fully saturated rings. The van der Waals surface area contributed by atoms with Crippen LogP contribution in [0, 0.1) is 11.3 Å². The Hall–Kier alpha value is -1.57. The maximum Gasteiger partial charge on any atom is 0.119 e. The number of aliphatic hydroxyl groups is 1. The maximum absolute atomic E-state index is 9.30. The summed E-state index contributed by atoms with van der Waals surface area (Å²) in [4.78, 5) is 0. The Balaban J connectivity index is 2.56. The third kappa shape index (κ3) is 5.20. The Morgan fingerprint density at radius 2 is 2.05 bits per heavy atom. The minimum atomic E-state index is -0.569. The van der Waals surface area contributed by atoms with Gasteiger partial charge in [0.1, 0.15) is 11.3 Å². The Kier molecular flexibility index (Phi) is 6.50. The Morgan fingerprint density at radius 1 is 1.40 bits per heavy atom. The third-order valence-corrected chi connectivity index (χ3v) is 3.15. The van der Waals surface area contributed by atoms with Crippen molar-refractivity contribution in [3.8, 4) is 11.8 Å². The van der Waals surface area contributed by atoms with E-state index in [1.807, 2.05) is 38.1 Å². The van der Waals surface area contributed by atoms with Gasteiger partial charge in [0.25, 0.3) is 0 Å². The number of ether oxygens (including phenoxy) is 1. The fourth-order valence-electron chi connectivity index (χ4n) is 2.08. The quantitative estimate of drug-likeness (QED) is 0.766. The van der Waals surface area contributed by atoms with Crippen molar-refractivity contribution in [3.05, 3.63) is 29.8 Å². The first kappa shape index (κ1) is 16.5. The lowest BCUT2D eigenvalue weighted by Crippen LogP contribution is -2.44. The highest BCUT2D eigenvalue weighted by Gasteiger charge is 2.26. The summed E-state index contributed by atoms with van der Waals surface area (Å²) < 4.78 is 5.82. The minimum Gasteiger partial charge on any atom is -0.491 e. The first-order chi connectivity index (χ1) is 9.53. The van der Waals surface area contributed by atoms with Crippen LogP contribution in [0.15, 0.2) is 24.3 Å². The van der Waals surface area contributed by atoms with Gasteiger partial charge in [0.15, 0.2) is 0 Å². The van der Waals surface area contributed by atoms with E-state index in [1.165, 1.54) is 0 Å². The van der Waals surface area contributed by atoms with Gasteiger partial charge < -0.3 is 9.84 Å². The highest BCUT2D eigenvalue weighted by Crippen LogP contribution is 2.19. The third-order valence-electron chi connectivity index (χ3n) is 3.15. The molecule has 2 atom stereocenters. The van der Waals surface area contributed by atoms with Crippen LogP contribution in [0.3, 0.4) is 0 Å². The van der Waals surface area contributed by atoms with Crippen LogP contribution in [0.5, 0.6) is 5.75 Å². The van der Waals surface area contributed by atoms with Gasteiger partial charge in [-0.15, -0.1) is 0 Å². The zero-order valence-corrected chi connectivity index (χ0v) is 12.5. The highest BCUT2D eigenvalue weighted by atomic mass is 16.5. The van der Waals surface area contributed by atoms with Crippen LogP contribution in [-0.4, -0.2) is 23.3 Å². The fourth-order valence-corrected chi connectivity index (χ4v) is 2.08. The van der Waals surface area contributed by atoms with Gasteiger partial charge in [-0.25, -0.2) is 0 Å². The summed E-state index contributed by atoms with van der Waals surface area (Å²) in [7, 11) is 0. The van der Waals surface area contributed by atoms with E-state index in [9.17, 15) is 5.26 Å². The molecule has 0 bridgehead atoms. The molecule has 0 aliphatic heterocycles. The molecule has 1 aromatic carbocycles. The summed E-state index contributed by atoms with van der Waals surface area (Å²) in [5.41, 5.74) is 0.289. The molecular formula is C16H24N2O2. The summed E-state index contributed by atoms with van der Waals surface area (Å²) in [6, 6.07) is 9.67. The Bertz CT molecular complexity index is 439. The summed E-state index contributed by atoms with van der Waals surface area (Å²) >= 11 is 0. The molecule has 2 N–H and O–H groups in total. The summed E-state index contributed by atoms with van der Waals surface area (Å²) in [5.74, 6) is 0.755. The highest BCUT2D eigenvalue weighted by molar-refractivity contribution is 5.27. The normalized spacial score (nSPS) is 15.2. The average Bonchev–Trinajstić information content (AvgIpc) is 2.46. The van der Waals surface area contributed by atoms with Gasteiger partial charge in [-0.1, -0.05) is 19.1 Å². The van der Waals surface area contributed by atoms with E-state index in [0.29, 0.717) is 6.42 Å². The van der Waals surface area contributed by atoms with Crippen molar-refractivity contribution in [2.45, 2.75) is 51.9 Å². The monoisotopic (exact) mass is 276 g/mol. The fraction of sp³-hybridized carbons (Fsp3) is 0.562. The molecule has 1 aromatic rings. The standard InChI is InChI=1S/C16H24N2O2/c1-4-9-18-16(3,12-17)10-13(2)20-15-7-5-14(11-19)6-8-15/h5-8,13,18-19H,4,9-11H2,1-3H3. The lowest BCUT2D eigenvalue weighted by atomic mass is 9.96. The molecule has 0 aliphatic rings. The van der Waals surface area contributed by atoms with Crippen molar-refractivity contribution >= 4 is 0 Å². The molecule has 0 aromatic heterocycles. The van der Waals surface area contributed by atoms with E-state index in [1.54, 1.807) is 0 Å². The molecule has 2 unspecified atom stereocenters. The minimum absolute atomic E-state index is 0.0310. The second kappa shape index (κ2) is 7.88. The van der Waals surface area contributed by atoms with E-state index < -0.39 is 5.54 Å². The molecule has 0 spiro atoms. The molecule has 20 heavy (non-hydrogen) atoms. The molecule has 4 heteroatoms. The molecule has 0 saturated carbocycles. The van der Waals surface area contributed by atoms with E-state index in [2.05, 4.69) is 18.3 Å². The average molecular weight is 276 g/mol. The molecule has 4 nitrogen and oxygen atoms in total. The number of aliphatic hydroxyl groups excluding tert-OH is 1. The zero-order chi connectivity index (χ0) is 15.0. The maximum atomic E-state index is 9.30. The van der Waals surface area contributed by atoms with E-state index in [-0.39, 0.29) is 12.7 Å². The van der Waals surface area contributed by atoms with Crippen LogP contribution in [0.4, 0.5) is 0 Å². The van der Waals surface area contributed by atoms with E-state index >= 15 is 0 Å². The Morgan fingerprint density at radius 3 is 2.55 bits per heavy atom. The van der Waals surface area contributed by atoms with Gasteiger partial charge in [-0.05, 0) is 44.5 Å². The largest absolute Gasteiger partial charge is 0.491 e. The summed E-state index contributed by atoms with van der Waals surface area (Å²) in [6.07, 6.45) is 1.55. The summed E-state index contributed by atoms with van der Waals surface area (Å²) in [5, 5.41) is 21.5. The van der Waals surface area contributed by atoms with Crippen molar-refractivity contribution in [2.75, 3.05) is 6.54 Å². The zero-order valence-electron chi connectivity index (χ0n) is 12.5. The van der Waals surface area contributed by atoms with Crippen molar-refractivity contribution in [1.29, 1.82) is 5.26 Å². The number of rotatable bonds is 8. The molecule has 0 heterocycles. The van der Waals surface area contributed by atoms with Crippen molar-refractivity contribution in [2.24, 2.45) is 0 Å². The molecule has 0 aliphatic carbocycles. The number of nitriles is 1. The number of benzene rings is 1. The molecule has 110 valence electrons. The SMILES string of the molecule is CCCNC(C)(C#N)CC(C)Oc1ccc(CO)cc1. The predicted molar refractivity (Wildman–Crippen MR) is 79.4 cm³/mol. The van der Waals surface area contributed by atoms with Gasteiger partial charge in [-0.3, -0.25) is 5.32 Å². The van der Waals surface area contributed by atoms with Crippen LogP contribution in [0.2, 0.25) is 0 Å². The van der Waals surface area contributed by atoms with Gasteiger partial charge in [0.2, 0.25) is 0 Å². The first-order valence-electron chi connectivity index (χ1n) is 7.05. The number of hydrogen-bond donors (Lipinski definition) is 2. The van der Waals surface area contributed by atoms with E-state index in [0.717, 1.165) is 24.3 Å². The van der Waals surface area contributed by atoms with Crippen molar-refractivity contribution in [3.63, 3.8) is 0 Å². The molecule has 0 radical (unpaired) electrons. The molecule has 0 saturated heterocycles. The van der Waals surface area contributed by atoms with Crippen LogP contribution in [0.25, 0.3) is 0 Å². The smallest absolute Gasteiger partial charge is 0.119 e. The Labute approximate surface area is 121 Å². The van der Waals surface area contributed by atoms with Crippen LogP contribution < -0.4 is 10.1 Å². The van der Waals surface area contributed by atoms with Gasteiger partial charge in [-0.2, -0.15) is 5.26 Å².